The molecule has 1 aliphatic rings. The fourth-order valence-corrected chi connectivity index (χ4v) is 3.49. The number of nitrogens with one attached hydrogen (secondary N) is 1. The number of aromatic nitrogens is 1. The number of nitrogens with zero attached hydrogens (tertiary/aromatic N) is 1. The number of aryl methyl sites for hydroxylation is 1. The van der Waals surface area contributed by atoms with Gasteiger partial charge in [0.25, 0.3) is 0 Å². The minimum Gasteiger partial charge on any atom is -0.463 e. The normalized spacial score (nSPS) is 15.2. The molecule has 0 bridgehead atoms. The van der Waals surface area contributed by atoms with Crippen molar-refractivity contribution < 1.29 is 9.53 Å². The minimum atomic E-state index is -0.151. The number of ether oxygens (including phenoxy) is 1. The van der Waals surface area contributed by atoms with E-state index in [0.717, 1.165) is 43.6 Å². The molecule has 1 aromatic carbocycles. The van der Waals surface area contributed by atoms with Crippen molar-refractivity contribution in [2.24, 2.45) is 0 Å². The standard InChI is InChI=1S/C20H26N2O2/c1-4-24-20(23)17-6-5-10-22(15(17)3)11-9-16-13-21-19-8-7-14(2)12-18(16)19/h7-8,12-13,21H,4-6,9-11H2,1-3H3. The number of aromatic amines is 1. The molecule has 24 heavy (non-hydrogen) atoms. The molecule has 0 atom stereocenters. The fourth-order valence-electron chi connectivity index (χ4n) is 3.49. The van der Waals surface area contributed by atoms with Crippen LogP contribution >= 0.6 is 0 Å². The highest BCUT2D eigenvalue weighted by molar-refractivity contribution is 5.89. The lowest BCUT2D eigenvalue weighted by atomic mass is 10.0. The number of esters is 1. The van der Waals surface area contributed by atoms with Crippen LogP contribution in [0.4, 0.5) is 0 Å². The number of rotatable bonds is 5. The van der Waals surface area contributed by atoms with Gasteiger partial charge < -0.3 is 14.6 Å². The second-order valence-electron chi connectivity index (χ2n) is 6.49. The zero-order valence-corrected chi connectivity index (χ0v) is 14.8. The quantitative estimate of drug-likeness (QED) is 0.846. The van der Waals surface area contributed by atoms with Crippen molar-refractivity contribution >= 4 is 16.9 Å². The van der Waals surface area contributed by atoms with E-state index >= 15 is 0 Å². The van der Waals surface area contributed by atoms with Crippen molar-refractivity contribution in [2.45, 2.75) is 40.0 Å². The van der Waals surface area contributed by atoms with Crippen molar-refractivity contribution in [3.8, 4) is 0 Å². The monoisotopic (exact) mass is 326 g/mol. The topological polar surface area (TPSA) is 45.3 Å². The Bertz CT molecular complexity index is 773. The van der Waals surface area contributed by atoms with E-state index in [9.17, 15) is 4.79 Å². The SMILES string of the molecule is CCOC(=O)C1=C(C)N(CCc2c[nH]c3ccc(C)cc23)CCC1. The summed E-state index contributed by atoms with van der Waals surface area (Å²) in [5.41, 5.74) is 5.73. The molecule has 1 aromatic heterocycles. The van der Waals surface area contributed by atoms with E-state index in [1.165, 1.54) is 22.0 Å². The molecule has 0 amide bonds. The van der Waals surface area contributed by atoms with Crippen LogP contribution in [0.15, 0.2) is 35.7 Å². The zero-order valence-electron chi connectivity index (χ0n) is 14.8. The molecule has 4 heteroatoms. The number of fused-ring (bicyclic) bond motifs is 1. The van der Waals surface area contributed by atoms with Crippen LogP contribution in [0, 0.1) is 6.92 Å². The maximum atomic E-state index is 12.1. The molecule has 128 valence electrons. The third-order valence-corrected chi connectivity index (χ3v) is 4.86. The van der Waals surface area contributed by atoms with Gasteiger partial charge in [-0.1, -0.05) is 11.6 Å². The van der Waals surface area contributed by atoms with Gasteiger partial charge in [-0.2, -0.15) is 0 Å². The summed E-state index contributed by atoms with van der Waals surface area (Å²) >= 11 is 0. The molecule has 1 N–H and O–H groups in total. The van der Waals surface area contributed by atoms with Crippen molar-refractivity contribution in [3.05, 3.63) is 46.8 Å². The zero-order chi connectivity index (χ0) is 17.1. The van der Waals surface area contributed by atoms with Gasteiger partial charge in [-0.3, -0.25) is 0 Å². The smallest absolute Gasteiger partial charge is 0.335 e. The van der Waals surface area contributed by atoms with Crippen molar-refractivity contribution in [2.75, 3.05) is 19.7 Å². The van der Waals surface area contributed by atoms with Crippen molar-refractivity contribution in [1.29, 1.82) is 0 Å². The van der Waals surface area contributed by atoms with E-state index < -0.39 is 0 Å². The number of allylic oxidation sites excluding steroid dienone is 1. The number of carbonyl (C=O) groups is 1. The highest BCUT2D eigenvalue weighted by Gasteiger charge is 2.22. The lowest BCUT2D eigenvalue weighted by Gasteiger charge is -2.31. The third-order valence-electron chi connectivity index (χ3n) is 4.86. The first-order valence-electron chi connectivity index (χ1n) is 8.78. The summed E-state index contributed by atoms with van der Waals surface area (Å²) in [6.07, 6.45) is 4.92. The van der Waals surface area contributed by atoms with E-state index in [4.69, 9.17) is 4.74 Å². The van der Waals surface area contributed by atoms with Gasteiger partial charge in [-0.25, -0.2) is 4.79 Å². The highest BCUT2D eigenvalue weighted by atomic mass is 16.5. The fraction of sp³-hybridized carbons (Fsp3) is 0.450. The number of hydrogen-bond acceptors (Lipinski definition) is 3. The van der Waals surface area contributed by atoms with E-state index in [0.29, 0.717) is 6.61 Å². The second-order valence-corrected chi connectivity index (χ2v) is 6.49. The Labute approximate surface area is 143 Å². The van der Waals surface area contributed by atoms with Crippen LogP contribution < -0.4 is 0 Å². The maximum absolute atomic E-state index is 12.1. The van der Waals surface area contributed by atoms with E-state index in [1.54, 1.807) is 0 Å². The molecule has 0 radical (unpaired) electrons. The molecule has 0 aliphatic carbocycles. The highest BCUT2D eigenvalue weighted by Crippen LogP contribution is 2.25. The van der Waals surface area contributed by atoms with Crippen LogP contribution in [0.5, 0.6) is 0 Å². The largest absolute Gasteiger partial charge is 0.463 e. The van der Waals surface area contributed by atoms with Crippen molar-refractivity contribution in [3.63, 3.8) is 0 Å². The molecule has 2 aromatic rings. The second kappa shape index (κ2) is 7.12. The molecule has 2 heterocycles. The van der Waals surface area contributed by atoms with Gasteiger partial charge in [0.05, 0.1) is 12.2 Å². The number of carbonyl (C=O) groups excluding carboxylic acids is 1. The summed E-state index contributed by atoms with van der Waals surface area (Å²) in [5, 5.41) is 1.30. The predicted octanol–water partition coefficient (Wildman–Crippen LogP) is 3.95. The molecular weight excluding hydrogens is 300 g/mol. The molecule has 3 rings (SSSR count). The van der Waals surface area contributed by atoms with Crippen LogP contribution in [-0.4, -0.2) is 35.5 Å². The molecular formula is C20H26N2O2. The lowest BCUT2D eigenvalue weighted by molar-refractivity contribution is -0.139. The molecule has 0 saturated heterocycles. The van der Waals surface area contributed by atoms with Crippen LogP contribution in [0.1, 0.15) is 37.8 Å². The molecule has 0 saturated carbocycles. The summed E-state index contributed by atoms with van der Waals surface area (Å²) in [6, 6.07) is 6.51. The van der Waals surface area contributed by atoms with E-state index in [-0.39, 0.29) is 5.97 Å². The first-order valence-corrected chi connectivity index (χ1v) is 8.78. The van der Waals surface area contributed by atoms with Gasteiger partial charge in [0.1, 0.15) is 0 Å². The first kappa shape index (κ1) is 16.6. The van der Waals surface area contributed by atoms with Gasteiger partial charge >= 0.3 is 5.97 Å². The molecule has 1 aliphatic heterocycles. The Balaban J connectivity index is 1.74. The van der Waals surface area contributed by atoms with Gasteiger partial charge in [-0.05, 0) is 57.7 Å². The summed E-state index contributed by atoms with van der Waals surface area (Å²) < 4.78 is 5.19. The summed E-state index contributed by atoms with van der Waals surface area (Å²) in [6.45, 7) is 8.40. The summed E-state index contributed by atoms with van der Waals surface area (Å²) in [4.78, 5) is 17.8. The van der Waals surface area contributed by atoms with Gasteiger partial charge in [0, 0.05) is 35.9 Å². The number of hydrogen-bond donors (Lipinski definition) is 1. The average Bonchev–Trinajstić information content (AvgIpc) is 2.96. The van der Waals surface area contributed by atoms with Crippen LogP contribution in [0.3, 0.4) is 0 Å². The minimum absolute atomic E-state index is 0.151. The third kappa shape index (κ3) is 3.32. The summed E-state index contributed by atoms with van der Waals surface area (Å²) in [7, 11) is 0. The Morgan fingerprint density at radius 3 is 2.96 bits per heavy atom. The number of benzene rings is 1. The van der Waals surface area contributed by atoms with Gasteiger partial charge in [0.15, 0.2) is 0 Å². The predicted molar refractivity (Wildman–Crippen MR) is 96.9 cm³/mol. The molecule has 0 spiro atoms. The maximum Gasteiger partial charge on any atom is 0.335 e. The van der Waals surface area contributed by atoms with Crippen molar-refractivity contribution in [1.82, 2.24) is 9.88 Å². The van der Waals surface area contributed by atoms with Crippen LogP contribution in [-0.2, 0) is 16.0 Å². The molecule has 0 unspecified atom stereocenters. The number of H-pyrrole nitrogens is 1. The molecule has 0 fully saturated rings. The van der Waals surface area contributed by atoms with Crippen LogP contribution in [0.25, 0.3) is 10.9 Å². The Hall–Kier alpha value is -2.23. The Morgan fingerprint density at radius 2 is 2.17 bits per heavy atom. The van der Waals surface area contributed by atoms with Gasteiger partial charge in [0.2, 0.25) is 0 Å². The summed E-state index contributed by atoms with van der Waals surface area (Å²) in [5.74, 6) is -0.151. The first-order chi connectivity index (χ1) is 11.6. The van der Waals surface area contributed by atoms with Gasteiger partial charge in [-0.15, -0.1) is 0 Å². The lowest BCUT2D eigenvalue weighted by Crippen LogP contribution is -2.31. The van der Waals surface area contributed by atoms with E-state index in [2.05, 4.69) is 41.2 Å². The van der Waals surface area contributed by atoms with E-state index in [1.807, 2.05) is 13.8 Å². The van der Waals surface area contributed by atoms with Crippen LogP contribution in [0.2, 0.25) is 0 Å². The molecule has 4 nitrogen and oxygen atoms in total. The average molecular weight is 326 g/mol. The Kier molecular flexibility index (Phi) is 4.93. The Morgan fingerprint density at radius 1 is 1.33 bits per heavy atom.